The van der Waals surface area contributed by atoms with Crippen molar-refractivity contribution in [2.45, 2.75) is 64.8 Å². The molecule has 3 fully saturated rings. The van der Waals surface area contributed by atoms with Crippen LogP contribution < -0.4 is 0 Å². The van der Waals surface area contributed by atoms with E-state index in [0.717, 1.165) is 18.9 Å². The zero-order chi connectivity index (χ0) is 22.2. The van der Waals surface area contributed by atoms with Gasteiger partial charge in [-0.3, -0.25) is 0 Å². The molecule has 1 aromatic carbocycles. The fourth-order valence-corrected chi connectivity index (χ4v) is 6.86. The molecule has 0 aromatic heterocycles. The standard InChI is InChI=1S/C23H32O7/c1-11-5-12(25)6-16(26)18(11)20(28)30-17-9-22(4)14-8-21(2,3)7-13(14)19(27)15(10-24)23(17,22)29/h5-6,13-15,17,19,24-27,29H,7-10H2,1-4H3/t13?,14?,15-,17-,19+,22-,23+/m1/s1. The topological polar surface area (TPSA) is 127 Å². The van der Waals surface area contributed by atoms with Crippen LogP contribution in [0.2, 0.25) is 0 Å². The predicted octanol–water partition coefficient (Wildman–Crippen LogP) is 2.11. The van der Waals surface area contributed by atoms with Crippen molar-refractivity contribution in [3.8, 4) is 11.5 Å². The molecular weight excluding hydrogens is 388 g/mol. The molecule has 166 valence electrons. The number of fused-ring (bicyclic) bond motifs is 3. The lowest BCUT2D eigenvalue weighted by molar-refractivity contribution is -0.332. The first kappa shape index (κ1) is 21.4. The first-order valence-corrected chi connectivity index (χ1v) is 10.6. The lowest BCUT2D eigenvalue weighted by atomic mass is 9.40. The van der Waals surface area contributed by atoms with E-state index in [1.54, 1.807) is 6.92 Å². The Bertz CT molecular complexity index is 857. The van der Waals surface area contributed by atoms with Crippen LogP contribution in [0.3, 0.4) is 0 Å². The maximum atomic E-state index is 12.8. The highest BCUT2D eigenvalue weighted by Crippen LogP contribution is 2.70. The number of phenolic OH excluding ortho intramolecular Hbond substituents is 2. The fraction of sp³-hybridized carbons (Fsp3) is 0.696. The fourth-order valence-electron chi connectivity index (χ4n) is 6.86. The van der Waals surface area contributed by atoms with E-state index in [2.05, 4.69) is 13.8 Å². The van der Waals surface area contributed by atoms with Crippen LogP contribution in [0.1, 0.15) is 56.0 Å². The van der Waals surface area contributed by atoms with Crippen LogP contribution in [-0.2, 0) is 4.74 Å². The quantitative estimate of drug-likeness (QED) is 0.474. The van der Waals surface area contributed by atoms with Crippen molar-refractivity contribution in [1.82, 2.24) is 0 Å². The highest BCUT2D eigenvalue weighted by molar-refractivity contribution is 5.94. The van der Waals surface area contributed by atoms with Crippen molar-refractivity contribution in [3.63, 3.8) is 0 Å². The number of aliphatic hydroxyl groups is 3. The lowest BCUT2D eigenvalue weighted by Crippen LogP contribution is -2.79. The number of hydrogen-bond acceptors (Lipinski definition) is 7. The van der Waals surface area contributed by atoms with Crippen molar-refractivity contribution >= 4 is 5.97 Å². The molecule has 3 saturated carbocycles. The molecule has 3 aliphatic carbocycles. The number of carbonyl (C=O) groups excluding carboxylic acids is 1. The summed E-state index contributed by atoms with van der Waals surface area (Å²) in [5.74, 6) is -2.13. The molecule has 5 N–H and O–H groups in total. The summed E-state index contributed by atoms with van der Waals surface area (Å²) in [6.45, 7) is 7.44. The predicted molar refractivity (Wildman–Crippen MR) is 108 cm³/mol. The van der Waals surface area contributed by atoms with E-state index in [0.29, 0.717) is 12.0 Å². The number of aliphatic hydroxyl groups excluding tert-OH is 2. The molecule has 0 spiro atoms. The summed E-state index contributed by atoms with van der Waals surface area (Å²) in [6.07, 6.45) is 0.313. The second kappa shape index (κ2) is 6.58. The first-order valence-electron chi connectivity index (χ1n) is 10.6. The van der Waals surface area contributed by atoms with Gasteiger partial charge < -0.3 is 30.3 Å². The number of ether oxygens (including phenoxy) is 1. The summed E-state index contributed by atoms with van der Waals surface area (Å²) in [6, 6.07) is 2.41. The van der Waals surface area contributed by atoms with Gasteiger partial charge in [-0.1, -0.05) is 20.8 Å². The Morgan fingerprint density at radius 3 is 2.43 bits per heavy atom. The zero-order valence-corrected chi connectivity index (χ0v) is 17.9. The number of carbonyl (C=O) groups is 1. The Balaban J connectivity index is 1.65. The number of hydrogen-bond donors (Lipinski definition) is 5. The number of phenols is 2. The van der Waals surface area contributed by atoms with Crippen molar-refractivity contribution in [2.75, 3.05) is 6.61 Å². The normalized spacial score (nSPS) is 41.5. The molecule has 0 saturated heterocycles. The molecule has 7 nitrogen and oxygen atoms in total. The molecule has 0 bridgehead atoms. The monoisotopic (exact) mass is 420 g/mol. The third-order valence-corrected chi connectivity index (χ3v) is 8.28. The van der Waals surface area contributed by atoms with Crippen LogP contribution in [-0.4, -0.2) is 55.9 Å². The molecule has 0 aliphatic heterocycles. The Morgan fingerprint density at radius 1 is 1.17 bits per heavy atom. The van der Waals surface area contributed by atoms with Gasteiger partial charge in [0.15, 0.2) is 0 Å². The average molecular weight is 421 g/mol. The summed E-state index contributed by atoms with van der Waals surface area (Å²) in [4.78, 5) is 12.8. The molecule has 0 radical (unpaired) electrons. The minimum atomic E-state index is -1.56. The minimum absolute atomic E-state index is 0.0116. The molecule has 0 heterocycles. The third kappa shape index (κ3) is 2.71. The van der Waals surface area contributed by atoms with Crippen molar-refractivity contribution in [2.24, 2.45) is 28.6 Å². The van der Waals surface area contributed by atoms with Gasteiger partial charge in [-0.2, -0.15) is 0 Å². The van der Waals surface area contributed by atoms with Crippen LogP contribution in [0.5, 0.6) is 11.5 Å². The summed E-state index contributed by atoms with van der Waals surface area (Å²) in [5.41, 5.74) is -1.83. The smallest absolute Gasteiger partial charge is 0.342 e. The van der Waals surface area contributed by atoms with Gasteiger partial charge in [-0.05, 0) is 55.1 Å². The van der Waals surface area contributed by atoms with Gasteiger partial charge in [-0.15, -0.1) is 0 Å². The Hall–Kier alpha value is -1.83. The summed E-state index contributed by atoms with van der Waals surface area (Å²) < 4.78 is 5.64. The van der Waals surface area contributed by atoms with Gasteiger partial charge in [-0.25, -0.2) is 4.79 Å². The summed E-state index contributed by atoms with van der Waals surface area (Å²) in [7, 11) is 0. The van der Waals surface area contributed by atoms with E-state index in [1.165, 1.54) is 6.07 Å². The maximum Gasteiger partial charge on any atom is 0.342 e. The van der Waals surface area contributed by atoms with Crippen LogP contribution in [0, 0.1) is 35.5 Å². The molecule has 1 aromatic rings. The van der Waals surface area contributed by atoms with E-state index >= 15 is 0 Å². The van der Waals surface area contributed by atoms with E-state index in [4.69, 9.17) is 4.74 Å². The Labute approximate surface area is 176 Å². The summed E-state index contributed by atoms with van der Waals surface area (Å²) >= 11 is 0. The van der Waals surface area contributed by atoms with Gasteiger partial charge in [0.05, 0.1) is 12.7 Å². The van der Waals surface area contributed by atoms with Crippen LogP contribution >= 0.6 is 0 Å². The Kier molecular flexibility index (Phi) is 4.70. The third-order valence-electron chi connectivity index (χ3n) is 8.28. The van der Waals surface area contributed by atoms with Crippen LogP contribution in [0.4, 0.5) is 0 Å². The molecule has 7 heteroatoms. The highest BCUT2D eigenvalue weighted by Gasteiger charge is 2.76. The van der Waals surface area contributed by atoms with Gasteiger partial charge >= 0.3 is 5.97 Å². The number of rotatable bonds is 3. The van der Waals surface area contributed by atoms with Gasteiger partial charge in [0.2, 0.25) is 0 Å². The molecule has 7 atom stereocenters. The second-order valence-corrected chi connectivity index (χ2v) is 10.6. The number of aromatic hydroxyl groups is 2. The molecule has 3 aliphatic rings. The zero-order valence-electron chi connectivity index (χ0n) is 17.9. The molecule has 30 heavy (non-hydrogen) atoms. The SMILES string of the molecule is Cc1cc(O)cc(O)c1C(=O)O[C@@H]1C[C@]2(C)C3CC(C)(C)CC3[C@H](O)[C@@H](CO)[C@]12O. The minimum Gasteiger partial charge on any atom is -0.508 e. The molecule has 2 unspecified atom stereocenters. The van der Waals surface area contributed by atoms with Crippen molar-refractivity contribution < 1.29 is 35.1 Å². The second-order valence-electron chi connectivity index (χ2n) is 10.6. The van der Waals surface area contributed by atoms with Gasteiger partial charge in [0, 0.05) is 17.4 Å². The van der Waals surface area contributed by atoms with E-state index < -0.39 is 47.5 Å². The Morgan fingerprint density at radius 2 is 1.83 bits per heavy atom. The van der Waals surface area contributed by atoms with Crippen LogP contribution in [0.25, 0.3) is 0 Å². The largest absolute Gasteiger partial charge is 0.508 e. The maximum absolute atomic E-state index is 12.8. The molecule has 0 amide bonds. The number of aryl methyl sites for hydroxylation is 1. The van der Waals surface area contributed by atoms with Crippen molar-refractivity contribution in [1.29, 1.82) is 0 Å². The van der Waals surface area contributed by atoms with Crippen LogP contribution in [0.15, 0.2) is 12.1 Å². The van der Waals surface area contributed by atoms with E-state index in [1.807, 2.05) is 6.92 Å². The molecule has 4 rings (SSSR count). The lowest BCUT2D eigenvalue weighted by Gasteiger charge is -2.69. The van der Waals surface area contributed by atoms with Gasteiger partial charge in [0.1, 0.15) is 28.8 Å². The van der Waals surface area contributed by atoms with Gasteiger partial charge in [0.25, 0.3) is 0 Å². The number of benzene rings is 1. The summed E-state index contributed by atoms with van der Waals surface area (Å²) in [5, 5.41) is 52.6. The average Bonchev–Trinajstić information content (AvgIpc) is 2.96. The van der Waals surface area contributed by atoms with Crippen molar-refractivity contribution in [3.05, 3.63) is 23.3 Å². The number of esters is 1. The molecular formula is C23H32O7. The van der Waals surface area contributed by atoms with E-state index in [-0.39, 0.29) is 28.6 Å². The highest BCUT2D eigenvalue weighted by atomic mass is 16.6. The first-order chi connectivity index (χ1) is 13.9. The van der Waals surface area contributed by atoms with E-state index in [9.17, 15) is 30.3 Å².